The molecule has 1 rings (SSSR count). The SMILES string of the molecule is COCC1CS(=O)(=O)CC(C(=O)O)N1. The number of aliphatic carboxylic acids is 1. The molecular formula is C7H13NO5S. The molecule has 0 aromatic carbocycles. The predicted molar refractivity (Wildman–Crippen MR) is 48.9 cm³/mol. The smallest absolute Gasteiger partial charge is 0.321 e. The molecule has 2 unspecified atom stereocenters. The van der Waals surface area contributed by atoms with E-state index in [1.54, 1.807) is 0 Å². The van der Waals surface area contributed by atoms with Crippen LogP contribution in [0.15, 0.2) is 0 Å². The fraction of sp³-hybridized carbons (Fsp3) is 0.857. The molecule has 0 spiro atoms. The lowest BCUT2D eigenvalue weighted by Crippen LogP contribution is -2.56. The molecule has 6 nitrogen and oxygen atoms in total. The predicted octanol–water partition coefficient (Wildman–Crippen LogP) is -1.53. The van der Waals surface area contributed by atoms with Crippen molar-refractivity contribution in [2.45, 2.75) is 12.1 Å². The Morgan fingerprint density at radius 1 is 1.57 bits per heavy atom. The second-order valence-electron chi connectivity index (χ2n) is 3.29. The van der Waals surface area contributed by atoms with Crippen molar-refractivity contribution in [1.82, 2.24) is 5.32 Å². The number of carbonyl (C=O) groups is 1. The summed E-state index contributed by atoms with van der Waals surface area (Å²) in [6.07, 6.45) is 0. The average molecular weight is 223 g/mol. The van der Waals surface area contributed by atoms with Crippen LogP contribution in [0.1, 0.15) is 0 Å². The van der Waals surface area contributed by atoms with Gasteiger partial charge in [0.2, 0.25) is 0 Å². The fourth-order valence-electron chi connectivity index (χ4n) is 1.45. The van der Waals surface area contributed by atoms with Crippen LogP contribution < -0.4 is 5.32 Å². The number of sulfone groups is 1. The molecule has 0 radical (unpaired) electrons. The Morgan fingerprint density at radius 2 is 2.21 bits per heavy atom. The molecule has 2 N–H and O–H groups in total. The molecular weight excluding hydrogens is 210 g/mol. The summed E-state index contributed by atoms with van der Waals surface area (Å²) in [6.45, 7) is 0.197. The van der Waals surface area contributed by atoms with Gasteiger partial charge in [0, 0.05) is 13.2 Å². The van der Waals surface area contributed by atoms with E-state index in [2.05, 4.69) is 5.32 Å². The van der Waals surface area contributed by atoms with Crippen LogP contribution in [0.5, 0.6) is 0 Å². The maximum atomic E-state index is 11.3. The highest BCUT2D eigenvalue weighted by Gasteiger charge is 2.34. The number of ether oxygens (including phenoxy) is 1. The molecule has 1 saturated heterocycles. The zero-order chi connectivity index (χ0) is 10.8. The van der Waals surface area contributed by atoms with E-state index in [9.17, 15) is 13.2 Å². The van der Waals surface area contributed by atoms with Crippen molar-refractivity contribution in [1.29, 1.82) is 0 Å². The number of rotatable bonds is 3. The lowest BCUT2D eigenvalue weighted by Gasteiger charge is -2.27. The summed E-state index contributed by atoms with van der Waals surface area (Å²) in [5.74, 6) is -1.55. The summed E-state index contributed by atoms with van der Waals surface area (Å²) in [4.78, 5) is 10.6. The maximum Gasteiger partial charge on any atom is 0.321 e. The topological polar surface area (TPSA) is 92.7 Å². The van der Waals surface area contributed by atoms with Gasteiger partial charge in [-0.25, -0.2) is 8.42 Å². The minimum absolute atomic E-state index is 0.0649. The van der Waals surface area contributed by atoms with Gasteiger partial charge in [0.25, 0.3) is 0 Å². The molecule has 0 saturated carbocycles. The van der Waals surface area contributed by atoms with E-state index < -0.39 is 27.9 Å². The number of carboxylic acids is 1. The average Bonchev–Trinajstić information content (AvgIpc) is 2.01. The normalized spacial score (nSPS) is 31.2. The molecule has 0 aromatic heterocycles. The zero-order valence-corrected chi connectivity index (χ0v) is 8.58. The van der Waals surface area contributed by atoms with Crippen molar-refractivity contribution in [3.63, 3.8) is 0 Å². The zero-order valence-electron chi connectivity index (χ0n) is 7.76. The number of methoxy groups -OCH3 is 1. The molecule has 0 aromatic rings. The van der Waals surface area contributed by atoms with Crippen LogP contribution >= 0.6 is 0 Å². The van der Waals surface area contributed by atoms with Crippen LogP contribution in [0.4, 0.5) is 0 Å². The first-order valence-corrected chi connectivity index (χ1v) is 5.95. The number of hydrogen-bond acceptors (Lipinski definition) is 5. The third-order valence-electron chi connectivity index (χ3n) is 1.98. The van der Waals surface area contributed by atoms with E-state index in [0.29, 0.717) is 0 Å². The molecule has 1 heterocycles. The second-order valence-corrected chi connectivity index (χ2v) is 5.44. The van der Waals surface area contributed by atoms with Crippen molar-refractivity contribution in [2.75, 3.05) is 25.2 Å². The summed E-state index contributed by atoms with van der Waals surface area (Å²) in [5, 5.41) is 11.4. The Kier molecular flexibility index (Phi) is 3.46. The molecule has 7 heteroatoms. The molecule has 0 bridgehead atoms. The van der Waals surface area contributed by atoms with E-state index in [1.165, 1.54) is 7.11 Å². The first kappa shape index (κ1) is 11.4. The Bertz CT molecular complexity index is 312. The van der Waals surface area contributed by atoms with E-state index in [0.717, 1.165) is 0 Å². The van der Waals surface area contributed by atoms with Crippen LogP contribution in [-0.4, -0.2) is 56.8 Å². The highest BCUT2D eigenvalue weighted by atomic mass is 32.2. The highest BCUT2D eigenvalue weighted by Crippen LogP contribution is 2.07. The molecule has 0 amide bonds. The number of carboxylic acid groups (broad SMARTS) is 1. The summed E-state index contributed by atoms with van der Waals surface area (Å²) in [7, 11) is -1.83. The Hall–Kier alpha value is -0.660. The van der Waals surface area contributed by atoms with Crippen LogP contribution in [0.25, 0.3) is 0 Å². The van der Waals surface area contributed by atoms with Crippen LogP contribution in [0.3, 0.4) is 0 Å². The molecule has 1 fully saturated rings. The van der Waals surface area contributed by atoms with Gasteiger partial charge in [-0.1, -0.05) is 0 Å². The van der Waals surface area contributed by atoms with E-state index >= 15 is 0 Å². The molecule has 0 aliphatic carbocycles. The van der Waals surface area contributed by atoms with Crippen molar-refractivity contribution in [3.8, 4) is 0 Å². The van der Waals surface area contributed by atoms with Crippen molar-refractivity contribution in [3.05, 3.63) is 0 Å². The maximum absolute atomic E-state index is 11.3. The van der Waals surface area contributed by atoms with E-state index in [-0.39, 0.29) is 18.1 Å². The van der Waals surface area contributed by atoms with Gasteiger partial charge < -0.3 is 9.84 Å². The minimum atomic E-state index is -3.27. The molecule has 14 heavy (non-hydrogen) atoms. The quantitative estimate of drug-likeness (QED) is 0.603. The van der Waals surface area contributed by atoms with Crippen molar-refractivity contribution < 1.29 is 23.1 Å². The third kappa shape index (κ3) is 2.93. The van der Waals surface area contributed by atoms with E-state index in [1.807, 2.05) is 0 Å². The van der Waals surface area contributed by atoms with Gasteiger partial charge in [0.15, 0.2) is 9.84 Å². The van der Waals surface area contributed by atoms with Crippen LogP contribution in [0.2, 0.25) is 0 Å². The molecule has 1 aliphatic heterocycles. The lowest BCUT2D eigenvalue weighted by atomic mass is 10.2. The minimum Gasteiger partial charge on any atom is -0.480 e. The van der Waals surface area contributed by atoms with Gasteiger partial charge in [-0.05, 0) is 0 Å². The third-order valence-corrected chi connectivity index (χ3v) is 3.73. The largest absolute Gasteiger partial charge is 0.480 e. The Balaban J connectivity index is 2.72. The van der Waals surface area contributed by atoms with Gasteiger partial charge in [-0.2, -0.15) is 0 Å². The Morgan fingerprint density at radius 3 is 2.71 bits per heavy atom. The van der Waals surface area contributed by atoms with Crippen molar-refractivity contribution >= 4 is 15.8 Å². The standard InChI is InChI=1S/C7H13NO5S/c1-13-2-5-3-14(11,12)4-6(8-5)7(9)10/h5-6,8H,2-4H2,1H3,(H,9,10). The monoisotopic (exact) mass is 223 g/mol. The number of nitrogens with one attached hydrogen (secondary N) is 1. The summed E-state index contributed by atoms with van der Waals surface area (Å²) < 4.78 is 27.4. The number of hydrogen-bond donors (Lipinski definition) is 2. The second kappa shape index (κ2) is 4.24. The summed E-state index contributed by atoms with van der Waals surface area (Å²) in [6, 6.07) is -1.45. The fourth-order valence-corrected chi connectivity index (χ4v) is 3.14. The van der Waals surface area contributed by atoms with Gasteiger partial charge in [0.1, 0.15) is 6.04 Å². The van der Waals surface area contributed by atoms with Crippen LogP contribution in [-0.2, 0) is 19.4 Å². The van der Waals surface area contributed by atoms with Crippen LogP contribution in [0, 0.1) is 0 Å². The summed E-state index contributed by atoms with van der Waals surface area (Å²) >= 11 is 0. The van der Waals surface area contributed by atoms with Crippen molar-refractivity contribution in [2.24, 2.45) is 0 Å². The van der Waals surface area contributed by atoms with Gasteiger partial charge in [0.05, 0.1) is 18.1 Å². The van der Waals surface area contributed by atoms with Gasteiger partial charge in [-0.3, -0.25) is 10.1 Å². The van der Waals surface area contributed by atoms with Gasteiger partial charge in [-0.15, -0.1) is 0 Å². The molecule has 2 atom stereocenters. The first-order valence-electron chi connectivity index (χ1n) is 4.13. The lowest BCUT2D eigenvalue weighted by molar-refractivity contribution is -0.139. The molecule has 82 valence electrons. The first-order chi connectivity index (χ1) is 6.44. The molecule has 1 aliphatic rings. The summed E-state index contributed by atoms with van der Waals surface area (Å²) in [5.41, 5.74) is 0. The highest BCUT2D eigenvalue weighted by molar-refractivity contribution is 7.91. The Labute approximate surface area is 82.2 Å². The van der Waals surface area contributed by atoms with E-state index in [4.69, 9.17) is 9.84 Å². The van der Waals surface area contributed by atoms with Gasteiger partial charge >= 0.3 is 5.97 Å².